The van der Waals surface area contributed by atoms with E-state index in [1.54, 1.807) is 36.9 Å². The first kappa shape index (κ1) is 19.1. The molecule has 1 fully saturated rings. The standard InChI is InChI=1S/C24H21N5O2/c30-24(21-6-3-13-31-21)29-12-2-5-19(16-29)22-20(17-7-10-25-11-8-17)15-27-23(28-22)18-4-1-9-26-14-18/h1,3-4,6-11,13-15,19H,2,5,12,16H2. The van der Waals surface area contributed by atoms with Crippen molar-refractivity contribution in [2.75, 3.05) is 13.1 Å². The fourth-order valence-electron chi connectivity index (χ4n) is 4.04. The molecule has 154 valence electrons. The number of carbonyl (C=O) groups is 1. The van der Waals surface area contributed by atoms with Crippen LogP contribution in [0, 0.1) is 0 Å². The molecule has 4 aromatic rings. The van der Waals surface area contributed by atoms with Crippen molar-refractivity contribution in [3.05, 3.63) is 85.1 Å². The molecule has 0 radical (unpaired) electrons. The minimum atomic E-state index is -0.0818. The molecule has 0 aliphatic carbocycles. The zero-order valence-corrected chi connectivity index (χ0v) is 16.9. The third kappa shape index (κ3) is 3.94. The van der Waals surface area contributed by atoms with Gasteiger partial charge in [0.05, 0.1) is 12.0 Å². The maximum Gasteiger partial charge on any atom is 0.289 e. The number of carbonyl (C=O) groups excluding carboxylic acids is 1. The number of piperidine rings is 1. The molecular weight excluding hydrogens is 390 g/mol. The highest BCUT2D eigenvalue weighted by molar-refractivity contribution is 5.91. The SMILES string of the molecule is O=C(c1ccco1)N1CCCC(c2nc(-c3cccnc3)ncc2-c2ccncc2)C1. The molecule has 1 aliphatic heterocycles. The molecule has 1 aliphatic rings. The van der Waals surface area contributed by atoms with Gasteiger partial charge in [0, 0.05) is 61.1 Å². The zero-order valence-electron chi connectivity index (χ0n) is 16.9. The minimum absolute atomic E-state index is 0.0818. The Balaban J connectivity index is 1.53. The maximum absolute atomic E-state index is 12.9. The van der Waals surface area contributed by atoms with Gasteiger partial charge in [-0.1, -0.05) is 0 Å². The lowest BCUT2D eigenvalue weighted by molar-refractivity contribution is 0.0674. The second kappa shape index (κ2) is 8.47. The first-order valence-electron chi connectivity index (χ1n) is 10.3. The third-order valence-corrected chi connectivity index (χ3v) is 5.56. The molecule has 1 saturated heterocycles. The van der Waals surface area contributed by atoms with Crippen molar-refractivity contribution in [1.29, 1.82) is 0 Å². The fraction of sp³-hybridized carbons (Fsp3) is 0.208. The van der Waals surface area contributed by atoms with Gasteiger partial charge in [0.2, 0.25) is 0 Å². The quantitative estimate of drug-likeness (QED) is 0.500. The van der Waals surface area contributed by atoms with E-state index in [2.05, 4.69) is 15.0 Å². The largest absolute Gasteiger partial charge is 0.459 e. The average Bonchev–Trinajstić information content (AvgIpc) is 3.39. The minimum Gasteiger partial charge on any atom is -0.459 e. The summed E-state index contributed by atoms with van der Waals surface area (Å²) >= 11 is 0. The third-order valence-electron chi connectivity index (χ3n) is 5.56. The highest BCUT2D eigenvalue weighted by Crippen LogP contribution is 2.34. The van der Waals surface area contributed by atoms with Gasteiger partial charge in [-0.3, -0.25) is 14.8 Å². The summed E-state index contributed by atoms with van der Waals surface area (Å²) < 4.78 is 5.33. The molecule has 7 heteroatoms. The molecule has 1 atom stereocenters. The number of rotatable bonds is 4. The van der Waals surface area contributed by atoms with Crippen molar-refractivity contribution in [3.63, 3.8) is 0 Å². The van der Waals surface area contributed by atoms with Gasteiger partial charge in [-0.15, -0.1) is 0 Å². The van der Waals surface area contributed by atoms with Crippen molar-refractivity contribution in [2.45, 2.75) is 18.8 Å². The highest BCUT2D eigenvalue weighted by Gasteiger charge is 2.29. The van der Waals surface area contributed by atoms with Crippen molar-refractivity contribution in [3.8, 4) is 22.5 Å². The van der Waals surface area contributed by atoms with Crippen LogP contribution in [0.25, 0.3) is 22.5 Å². The van der Waals surface area contributed by atoms with Gasteiger partial charge in [-0.25, -0.2) is 9.97 Å². The molecule has 0 saturated carbocycles. The monoisotopic (exact) mass is 411 g/mol. The molecule has 0 aromatic carbocycles. The van der Waals surface area contributed by atoms with Crippen LogP contribution in [0.2, 0.25) is 0 Å². The van der Waals surface area contributed by atoms with Crippen molar-refractivity contribution < 1.29 is 9.21 Å². The molecule has 0 bridgehead atoms. The summed E-state index contributed by atoms with van der Waals surface area (Å²) in [5.74, 6) is 1.01. The molecule has 4 aromatic heterocycles. The molecule has 0 spiro atoms. The molecule has 1 amide bonds. The van der Waals surface area contributed by atoms with E-state index in [1.165, 1.54) is 6.26 Å². The molecule has 5 heterocycles. The van der Waals surface area contributed by atoms with E-state index in [1.807, 2.05) is 35.4 Å². The normalized spacial score (nSPS) is 16.3. The van der Waals surface area contributed by atoms with Crippen LogP contribution in [0.3, 0.4) is 0 Å². The number of hydrogen-bond acceptors (Lipinski definition) is 6. The van der Waals surface area contributed by atoms with Crippen LogP contribution in [-0.4, -0.2) is 43.8 Å². The Kier molecular flexibility index (Phi) is 5.22. The summed E-state index contributed by atoms with van der Waals surface area (Å²) in [5.41, 5.74) is 3.78. The van der Waals surface area contributed by atoms with Crippen LogP contribution in [0.1, 0.15) is 35.0 Å². The molecule has 7 nitrogen and oxygen atoms in total. The van der Waals surface area contributed by atoms with E-state index in [4.69, 9.17) is 9.40 Å². The lowest BCUT2D eigenvalue weighted by atomic mass is 9.90. The van der Waals surface area contributed by atoms with Crippen LogP contribution in [-0.2, 0) is 0 Å². The van der Waals surface area contributed by atoms with E-state index >= 15 is 0 Å². The van der Waals surface area contributed by atoms with E-state index in [-0.39, 0.29) is 11.8 Å². The van der Waals surface area contributed by atoms with Crippen LogP contribution in [0.15, 0.2) is 78.1 Å². The van der Waals surface area contributed by atoms with Crippen LogP contribution in [0.5, 0.6) is 0 Å². The van der Waals surface area contributed by atoms with Crippen LogP contribution in [0.4, 0.5) is 0 Å². The summed E-state index contributed by atoms with van der Waals surface area (Å²) in [5, 5.41) is 0. The fourth-order valence-corrected chi connectivity index (χ4v) is 4.04. The summed E-state index contributed by atoms with van der Waals surface area (Å²) in [6.45, 7) is 1.29. The highest BCUT2D eigenvalue weighted by atomic mass is 16.3. The number of likely N-dealkylation sites (tertiary alicyclic amines) is 1. The topological polar surface area (TPSA) is 85.0 Å². The number of amides is 1. The van der Waals surface area contributed by atoms with Crippen LogP contribution < -0.4 is 0 Å². The zero-order chi connectivity index (χ0) is 21.0. The second-order valence-electron chi connectivity index (χ2n) is 7.54. The Labute approximate surface area is 179 Å². The second-order valence-corrected chi connectivity index (χ2v) is 7.54. The number of aromatic nitrogens is 4. The molecular formula is C24H21N5O2. The Morgan fingerprint density at radius 1 is 1.00 bits per heavy atom. The van der Waals surface area contributed by atoms with Gasteiger partial charge in [-0.05, 0) is 54.8 Å². The van der Waals surface area contributed by atoms with Gasteiger partial charge in [0.1, 0.15) is 0 Å². The Morgan fingerprint density at radius 3 is 2.68 bits per heavy atom. The molecule has 5 rings (SSSR count). The van der Waals surface area contributed by atoms with E-state index in [0.29, 0.717) is 24.7 Å². The summed E-state index contributed by atoms with van der Waals surface area (Å²) in [6.07, 6.45) is 12.3. The predicted octanol–water partition coefficient (Wildman–Crippen LogP) is 4.21. The number of hydrogen-bond donors (Lipinski definition) is 0. The summed E-state index contributed by atoms with van der Waals surface area (Å²) in [6, 6.07) is 11.2. The molecule has 1 unspecified atom stereocenters. The summed E-state index contributed by atoms with van der Waals surface area (Å²) in [4.78, 5) is 32.6. The Hall–Kier alpha value is -3.87. The van der Waals surface area contributed by atoms with Crippen molar-refractivity contribution in [2.24, 2.45) is 0 Å². The summed E-state index contributed by atoms with van der Waals surface area (Å²) in [7, 11) is 0. The van der Waals surface area contributed by atoms with E-state index < -0.39 is 0 Å². The van der Waals surface area contributed by atoms with Gasteiger partial charge < -0.3 is 9.32 Å². The van der Waals surface area contributed by atoms with Gasteiger partial charge in [0.15, 0.2) is 11.6 Å². The number of furan rings is 1. The average molecular weight is 411 g/mol. The van der Waals surface area contributed by atoms with Crippen LogP contribution >= 0.6 is 0 Å². The molecule has 0 N–H and O–H groups in total. The first-order chi connectivity index (χ1) is 15.3. The van der Waals surface area contributed by atoms with Crippen molar-refractivity contribution >= 4 is 5.91 Å². The van der Waals surface area contributed by atoms with E-state index in [0.717, 1.165) is 35.2 Å². The Bertz CT molecular complexity index is 1160. The number of nitrogens with zero attached hydrogens (tertiary/aromatic N) is 5. The van der Waals surface area contributed by atoms with Gasteiger partial charge in [-0.2, -0.15) is 0 Å². The van der Waals surface area contributed by atoms with Gasteiger partial charge >= 0.3 is 0 Å². The van der Waals surface area contributed by atoms with Gasteiger partial charge in [0.25, 0.3) is 5.91 Å². The number of pyridine rings is 2. The lowest BCUT2D eigenvalue weighted by Crippen LogP contribution is -2.39. The van der Waals surface area contributed by atoms with E-state index in [9.17, 15) is 4.79 Å². The predicted molar refractivity (Wildman–Crippen MR) is 115 cm³/mol. The Morgan fingerprint density at radius 2 is 1.90 bits per heavy atom. The first-order valence-corrected chi connectivity index (χ1v) is 10.3. The smallest absolute Gasteiger partial charge is 0.289 e. The van der Waals surface area contributed by atoms with Crippen molar-refractivity contribution in [1.82, 2.24) is 24.8 Å². The maximum atomic E-state index is 12.9. The molecule has 31 heavy (non-hydrogen) atoms. The lowest BCUT2D eigenvalue weighted by Gasteiger charge is -2.33.